The highest BCUT2D eigenvalue weighted by molar-refractivity contribution is 7.86. The van der Waals surface area contributed by atoms with Crippen LogP contribution in [0.25, 0.3) is 10.8 Å². The molecule has 0 aromatic heterocycles. The summed E-state index contributed by atoms with van der Waals surface area (Å²) in [5.74, 6) is -3.20. The second kappa shape index (κ2) is 60.5. The van der Waals surface area contributed by atoms with Crippen LogP contribution in [0, 0.1) is 0 Å². The lowest BCUT2D eigenvalue weighted by molar-refractivity contribution is -0.256. The molecule has 0 aliphatic rings. The Morgan fingerprint density at radius 1 is 0.292 bits per heavy atom. The third-order valence-corrected chi connectivity index (χ3v) is 35.0. The summed E-state index contributed by atoms with van der Waals surface area (Å²) in [7, 11) is -6.76. The van der Waals surface area contributed by atoms with Crippen LogP contribution in [0.2, 0.25) is 0 Å². The first-order chi connectivity index (χ1) is 42.9. The van der Waals surface area contributed by atoms with Crippen molar-refractivity contribution >= 4 is 54.6 Å². The molecule has 0 fully saturated rings. The molecule has 0 atom stereocenters. The number of rotatable bonds is 57. The zero-order chi connectivity index (χ0) is 66.8. The summed E-state index contributed by atoms with van der Waals surface area (Å²) in [6.45, 7) is 28.4. The predicted octanol–water partition coefficient (Wildman–Crippen LogP) is 24.1. The number of carbonyl (C=O) groups is 2. The van der Waals surface area contributed by atoms with E-state index in [4.69, 9.17) is 0 Å². The van der Waals surface area contributed by atoms with Crippen molar-refractivity contribution in [2.45, 2.75) is 358 Å². The molecule has 0 N–H and O–H groups in total. The van der Waals surface area contributed by atoms with E-state index >= 15 is 0 Å². The van der Waals surface area contributed by atoms with Crippen molar-refractivity contribution in [3.8, 4) is 0 Å². The first kappa shape index (κ1) is 89.9. The number of hydrogen-bond donors (Lipinski definition) is 0. The van der Waals surface area contributed by atoms with Crippen molar-refractivity contribution in [1.82, 2.24) is 0 Å². The van der Waals surface area contributed by atoms with Crippen molar-refractivity contribution in [2.24, 2.45) is 0 Å². The normalized spacial score (nSPS) is 11.9. The molecule has 0 unspecified atom stereocenters. The Morgan fingerprint density at radius 3 is 0.708 bits per heavy atom. The van der Waals surface area contributed by atoms with Crippen LogP contribution in [0.5, 0.6) is 0 Å². The Bertz CT molecular complexity index is 1860. The molecule has 0 saturated carbocycles. The van der Waals surface area contributed by atoms with Gasteiger partial charge in [0.05, 0.1) is 90.8 Å². The van der Waals surface area contributed by atoms with Crippen molar-refractivity contribution in [1.29, 1.82) is 0 Å². The van der Waals surface area contributed by atoms with Crippen molar-refractivity contribution in [3.63, 3.8) is 0 Å². The molecule has 7 nitrogen and oxygen atoms in total. The summed E-state index contributed by atoms with van der Waals surface area (Å²) in [5, 5.41) is 21.4. The molecular formula is C78H149O7P3S. The molecule has 0 aliphatic carbocycles. The van der Waals surface area contributed by atoms with Crippen LogP contribution < -0.4 is 10.2 Å². The van der Waals surface area contributed by atoms with Gasteiger partial charge in [-0.05, 0) is 136 Å². The number of aromatic carboxylic acids is 2. The largest absolute Gasteiger partial charge is 0.744 e. The van der Waals surface area contributed by atoms with Gasteiger partial charge in [0.1, 0.15) is 10.1 Å². The number of carboxylic acid groups (broad SMARTS) is 2. The van der Waals surface area contributed by atoms with Gasteiger partial charge in [0.25, 0.3) is 0 Å². The maximum Gasteiger partial charge on any atom is 0.125 e. The fourth-order valence-corrected chi connectivity index (χ4v) is 29.3. The lowest BCUT2D eigenvalue weighted by Gasteiger charge is -2.28. The van der Waals surface area contributed by atoms with E-state index in [9.17, 15) is 32.8 Å². The zero-order valence-electron chi connectivity index (χ0n) is 61.2. The highest BCUT2D eigenvalue weighted by atomic mass is 32.2. The Morgan fingerprint density at radius 2 is 0.494 bits per heavy atom. The van der Waals surface area contributed by atoms with Gasteiger partial charge in [0.2, 0.25) is 0 Å². The number of unbranched alkanes of at least 4 members (excludes halogenated alkanes) is 30. The van der Waals surface area contributed by atoms with E-state index in [2.05, 4.69) is 83.1 Å². The summed E-state index contributed by atoms with van der Waals surface area (Å²) < 4.78 is 33.4. The minimum atomic E-state index is -4.92. The van der Waals surface area contributed by atoms with E-state index in [1.165, 1.54) is 250 Å². The van der Waals surface area contributed by atoms with Gasteiger partial charge in [0.15, 0.2) is 0 Å². The monoisotopic (exact) mass is 1320 g/mol. The molecule has 89 heavy (non-hydrogen) atoms. The van der Waals surface area contributed by atoms with Gasteiger partial charge in [0, 0.05) is 21.8 Å². The zero-order valence-corrected chi connectivity index (χ0v) is 64.7. The maximum absolute atomic E-state index is 11.1. The Balaban J connectivity index is 0. The van der Waals surface area contributed by atoms with E-state index in [-0.39, 0.29) is 16.3 Å². The predicted molar refractivity (Wildman–Crippen MR) is 402 cm³/mol. The average molecular weight is 1320 g/mol. The van der Waals surface area contributed by atoms with Crippen LogP contribution in [0.1, 0.15) is 373 Å². The molecule has 0 amide bonds. The molecule has 0 radical (unpaired) electrons. The second-order valence-electron chi connectivity index (χ2n) is 27.3. The summed E-state index contributed by atoms with van der Waals surface area (Å²) in [4.78, 5) is 20.8. The molecule has 2 rings (SSSR count). The fraction of sp³-hybridized carbons (Fsp3) is 0.846. The lowest BCUT2D eigenvalue weighted by atomic mass is 10.0. The Kier molecular flexibility index (Phi) is 61.1. The van der Waals surface area contributed by atoms with Gasteiger partial charge in [-0.1, -0.05) is 269 Å². The molecular weight excluding hydrogens is 1170 g/mol. The topological polar surface area (TPSA) is 137 Å². The first-order valence-electron chi connectivity index (χ1n) is 38.4. The van der Waals surface area contributed by atoms with E-state index in [1.807, 2.05) is 0 Å². The molecule has 0 saturated heterocycles. The number of hydrogen-bond acceptors (Lipinski definition) is 7. The number of carbonyl (C=O) groups excluding carboxylic acids is 2. The van der Waals surface area contributed by atoms with Gasteiger partial charge < -0.3 is 24.4 Å². The van der Waals surface area contributed by atoms with Gasteiger partial charge in [-0.2, -0.15) is 0 Å². The highest BCUT2D eigenvalue weighted by Gasteiger charge is 2.37. The molecule has 524 valence electrons. The number of fused-ring (bicyclic) bond motifs is 1. The quantitative estimate of drug-likeness (QED) is 0.0365. The standard InChI is InChI=1S/3C22H48P.C12H8O7S/c3*1-5-9-13-14-15-16-17-18-22-23(19-10-6-2,20-11-7-3)21-12-8-4;13-11(14)6-1-2-9-7(3-6)4-8(12(15)16)5-10(9)20(17,18)19/h3*5-22H2,1-4H3;1-5H,(H,13,14)(H,15,16)(H,17,18,19)/q3*+1;/p-3. The molecule has 2 aromatic carbocycles. The third-order valence-electron chi connectivity index (χ3n) is 19.0. The van der Waals surface area contributed by atoms with Crippen molar-refractivity contribution < 1.29 is 32.8 Å². The molecule has 0 heterocycles. The summed E-state index contributed by atoms with van der Waals surface area (Å²) >= 11 is 0. The summed E-state index contributed by atoms with van der Waals surface area (Å²) in [6, 6.07) is 4.88. The maximum atomic E-state index is 11.1. The minimum absolute atomic E-state index is 0.0252. The van der Waals surface area contributed by atoms with Crippen LogP contribution in [-0.4, -0.2) is 98.9 Å². The summed E-state index contributed by atoms with van der Waals surface area (Å²) in [5.41, 5.74) is -0.815. The number of carboxylic acids is 2. The average Bonchev–Trinajstić information content (AvgIpc) is 1.06. The van der Waals surface area contributed by atoms with Crippen molar-refractivity contribution in [2.75, 3.05) is 73.9 Å². The van der Waals surface area contributed by atoms with Gasteiger partial charge in [-0.15, -0.1) is 0 Å². The van der Waals surface area contributed by atoms with Gasteiger partial charge in [-0.25, -0.2) is 8.42 Å². The Hall–Kier alpha value is -1.16. The van der Waals surface area contributed by atoms with E-state index in [1.54, 1.807) is 93.2 Å². The molecule has 11 heteroatoms. The molecule has 2 aromatic rings. The number of benzene rings is 2. The van der Waals surface area contributed by atoms with E-state index in [0.29, 0.717) is 6.07 Å². The van der Waals surface area contributed by atoms with Crippen molar-refractivity contribution in [3.05, 3.63) is 41.5 Å². The van der Waals surface area contributed by atoms with Gasteiger partial charge in [-0.3, -0.25) is 0 Å². The van der Waals surface area contributed by atoms with Crippen LogP contribution in [-0.2, 0) is 10.1 Å². The molecule has 0 aliphatic heterocycles. The van der Waals surface area contributed by atoms with Crippen LogP contribution in [0.15, 0.2) is 35.2 Å². The van der Waals surface area contributed by atoms with Crippen LogP contribution in [0.3, 0.4) is 0 Å². The van der Waals surface area contributed by atoms with Crippen LogP contribution >= 0.6 is 21.8 Å². The van der Waals surface area contributed by atoms with E-state index < -0.39 is 54.3 Å². The third kappa shape index (κ3) is 46.6. The smallest absolute Gasteiger partial charge is 0.125 e. The minimum Gasteiger partial charge on any atom is -0.744 e. The second-order valence-corrected chi connectivity index (χ2v) is 42.0. The fourth-order valence-electron chi connectivity index (χ4n) is 13.0. The molecule has 0 bridgehead atoms. The first-order valence-corrected chi connectivity index (χ1v) is 47.4. The van der Waals surface area contributed by atoms with Crippen LogP contribution in [0.4, 0.5) is 0 Å². The van der Waals surface area contributed by atoms with Gasteiger partial charge >= 0.3 is 0 Å². The highest BCUT2D eigenvalue weighted by Crippen LogP contribution is 2.63. The lowest BCUT2D eigenvalue weighted by Crippen LogP contribution is -2.23. The Labute approximate surface area is 557 Å². The van der Waals surface area contributed by atoms with E-state index in [0.717, 1.165) is 24.3 Å². The SMILES string of the molecule is CCCCCCCCCC[P+](CCCC)(CCCC)CCCC.CCCCCCCCCC[P+](CCCC)(CCCC)CCCC.CCCCCCCCCC[P+](CCCC)(CCCC)CCCC.O=C([O-])c1ccc2c(S(=O)(=O)[O-])cc(C(=O)[O-])cc2c1. The summed E-state index contributed by atoms with van der Waals surface area (Å²) in [6.07, 6.45) is 80.9. The molecule has 0 spiro atoms.